The van der Waals surface area contributed by atoms with Gasteiger partial charge in [-0.1, -0.05) is 0 Å². The number of hydrogen-bond donors (Lipinski definition) is 1. The number of aliphatic hydroxyl groups is 1. The number of methoxy groups -OCH3 is 1. The zero-order valence-corrected chi connectivity index (χ0v) is 9.19. The Labute approximate surface area is 90.4 Å². The van der Waals surface area contributed by atoms with Crippen molar-refractivity contribution in [2.75, 3.05) is 26.9 Å². The Kier molecular flexibility index (Phi) is 6.08. The molecule has 0 atom stereocenters. The summed E-state index contributed by atoms with van der Waals surface area (Å²) in [6, 6.07) is 1.91. The van der Waals surface area contributed by atoms with Gasteiger partial charge in [0.05, 0.1) is 13.2 Å². The van der Waals surface area contributed by atoms with Gasteiger partial charge in [0.25, 0.3) is 0 Å². The van der Waals surface area contributed by atoms with Crippen molar-refractivity contribution in [1.82, 2.24) is 4.57 Å². The highest BCUT2D eigenvalue weighted by Crippen LogP contribution is 2.00. The van der Waals surface area contributed by atoms with E-state index in [-0.39, 0.29) is 6.61 Å². The lowest BCUT2D eigenvalue weighted by molar-refractivity contribution is 0.0977. The van der Waals surface area contributed by atoms with Gasteiger partial charge in [0.2, 0.25) is 0 Å². The second kappa shape index (κ2) is 7.45. The number of nitrogens with zero attached hydrogens (tertiary/aromatic N) is 1. The molecule has 1 N–H and O–H groups in total. The first kappa shape index (κ1) is 12.2. The lowest BCUT2D eigenvalue weighted by Gasteiger charge is -2.04. The van der Waals surface area contributed by atoms with Gasteiger partial charge in [-0.05, 0) is 18.1 Å². The highest BCUT2D eigenvalue weighted by Gasteiger charge is 1.95. The molecule has 0 aliphatic carbocycles. The summed E-state index contributed by atoms with van der Waals surface area (Å²) >= 11 is 0. The lowest BCUT2D eigenvalue weighted by Crippen LogP contribution is -2.06. The van der Waals surface area contributed by atoms with Gasteiger partial charge in [-0.15, -0.1) is 0 Å². The second-order valence-electron chi connectivity index (χ2n) is 3.37. The molecule has 0 fully saturated rings. The van der Waals surface area contributed by atoms with Crippen LogP contribution in [-0.4, -0.2) is 36.6 Å². The average molecular weight is 213 g/mol. The van der Waals surface area contributed by atoms with Crippen molar-refractivity contribution in [1.29, 1.82) is 0 Å². The molecule has 0 saturated carbocycles. The Hall–Kier alpha value is -0.840. The van der Waals surface area contributed by atoms with E-state index in [2.05, 4.69) is 0 Å². The smallest absolute Gasteiger partial charge is 0.0696 e. The summed E-state index contributed by atoms with van der Waals surface area (Å²) in [6.45, 7) is 3.11. The maximum atomic E-state index is 8.86. The SMILES string of the molecule is COCCCOCCn1ccc(CO)c1. The highest BCUT2D eigenvalue weighted by molar-refractivity contribution is 5.08. The minimum absolute atomic E-state index is 0.0989. The molecular formula is C11H19NO3. The molecule has 0 saturated heterocycles. The Morgan fingerprint density at radius 2 is 2.20 bits per heavy atom. The molecule has 0 amide bonds. The molecule has 0 aliphatic heterocycles. The van der Waals surface area contributed by atoms with Gasteiger partial charge in [0.1, 0.15) is 0 Å². The molecule has 0 unspecified atom stereocenters. The van der Waals surface area contributed by atoms with Crippen LogP contribution in [0, 0.1) is 0 Å². The fourth-order valence-electron chi connectivity index (χ4n) is 1.30. The summed E-state index contributed by atoms with van der Waals surface area (Å²) < 4.78 is 12.3. The monoisotopic (exact) mass is 213 g/mol. The number of ether oxygens (including phenoxy) is 2. The molecule has 4 heteroatoms. The largest absolute Gasteiger partial charge is 0.392 e. The first-order valence-electron chi connectivity index (χ1n) is 5.19. The van der Waals surface area contributed by atoms with E-state index in [1.54, 1.807) is 7.11 Å². The van der Waals surface area contributed by atoms with Crippen molar-refractivity contribution in [2.24, 2.45) is 0 Å². The van der Waals surface area contributed by atoms with Gasteiger partial charge >= 0.3 is 0 Å². The predicted octanol–water partition coefficient (Wildman–Crippen LogP) is 1.03. The van der Waals surface area contributed by atoms with Gasteiger partial charge in [0.15, 0.2) is 0 Å². The Morgan fingerprint density at radius 3 is 2.87 bits per heavy atom. The number of aliphatic hydroxyl groups excluding tert-OH is 1. The van der Waals surface area contributed by atoms with Gasteiger partial charge in [-0.2, -0.15) is 0 Å². The zero-order chi connectivity index (χ0) is 10.9. The molecule has 0 radical (unpaired) electrons. The first-order valence-corrected chi connectivity index (χ1v) is 5.19. The number of rotatable bonds is 8. The molecule has 1 heterocycles. The van der Waals surface area contributed by atoms with Crippen LogP contribution < -0.4 is 0 Å². The van der Waals surface area contributed by atoms with Crippen LogP contribution in [0.25, 0.3) is 0 Å². The van der Waals surface area contributed by atoms with E-state index in [1.165, 1.54) is 0 Å². The molecule has 1 aromatic rings. The van der Waals surface area contributed by atoms with E-state index in [0.29, 0.717) is 6.61 Å². The van der Waals surface area contributed by atoms with E-state index >= 15 is 0 Å². The summed E-state index contributed by atoms with van der Waals surface area (Å²) in [5, 5.41) is 8.86. The summed E-state index contributed by atoms with van der Waals surface area (Å²) in [6.07, 6.45) is 4.81. The molecule has 1 rings (SSSR count). The maximum Gasteiger partial charge on any atom is 0.0696 e. The highest BCUT2D eigenvalue weighted by atomic mass is 16.5. The molecule has 0 bridgehead atoms. The standard InChI is InChI=1S/C11H19NO3/c1-14-6-2-7-15-8-5-12-4-3-11(9-12)10-13/h3-4,9,13H,2,5-8,10H2,1H3. The minimum Gasteiger partial charge on any atom is -0.392 e. The Bertz CT molecular complexity index is 260. The molecule has 86 valence electrons. The third-order valence-corrected chi connectivity index (χ3v) is 2.13. The van der Waals surface area contributed by atoms with Crippen LogP contribution in [0.5, 0.6) is 0 Å². The molecule has 0 aliphatic rings. The van der Waals surface area contributed by atoms with Crippen LogP contribution >= 0.6 is 0 Å². The van der Waals surface area contributed by atoms with Crippen LogP contribution in [0.1, 0.15) is 12.0 Å². The van der Waals surface area contributed by atoms with Crippen LogP contribution in [0.2, 0.25) is 0 Å². The van der Waals surface area contributed by atoms with Crippen molar-refractivity contribution >= 4 is 0 Å². The minimum atomic E-state index is 0.0989. The normalized spacial score (nSPS) is 10.8. The Morgan fingerprint density at radius 1 is 1.33 bits per heavy atom. The maximum absolute atomic E-state index is 8.86. The first-order chi connectivity index (χ1) is 7.36. The van der Waals surface area contributed by atoms with Gasteiger partial charge in [0, 0.05) is 39.3 Å². The molecule has 0 aromatic carbocycles. The molecule has 15 heavy (non-hydrogen) atoms. The quantitative estimate of drug-likeness (QED) is 0.656. The Balaban J connectivity index is 2.04. The van der Waals surface area contributed by atoms with E-state index in [0.717, 1.165) is 31.7 Å². The predicted molar refractivity (Wildman–Crippen MR) is 57.7 cm³/mol. The van der Waals surface area contributed by atoms with E-state index < -0.39 is 0 Å². The van der Waals surface area contributed by atoms with Crippen LogP contribution in [0.4, 0.5) is 0 Å². The third-order valence-electron chi connectivity index (χ3n) is 2.13. The van der Waals surface area contributed by atoms with E-state index in [1.807, 2.05) is 23.0 Å². The fraction of sp³-hybridized carbons (Fsp3) is 0.636. The topological polar surface area (TPSA) is 43.6 Å². The summed E-state index contributed by atoms with van der Waals surface area (Å²) in [7, 11) is 1.69. The van der Waals surface area contributed by atoms with Crippen molar-refractivity contribution in [2.45, 2.75) is 19.6 Å². The zero-order valence-electron chi connectivity index (χ0n) is 9.19. The molecule has 0 spiro atoms. The molecule has 1 aromatic heterocycles. The van der Waals surface area contributed by atoms with Gasteiger partial charge < -0.3 is 19.1 Å². The van der Waals surface area contributed by atoms with E-state index in [4.69, 9.17) is 14.6 Å². The van der Waals surface area contributed by atoms with E-state index in [9.17, 15) is 0 Å². The summed E-state index contributed by atoms with van der Waals surface area (Å²) in [5.41, 5.74) is 0.939. The number of hydrogen-bond acceptors (Lipinski definition) is 3. The van der Waals surface area contributed by atoms with Gasteiger partial charge in [-0.25, -0.2) is 0 Å². The summed E-state index contributed by atoms with van der Waals surface area (Å²) in [4.78, 5) is 0. The van der Waals surface area contributed by atoms with Crippen molar-refractivity contribution in [3.63, 3.8) is 0 Å². The lowest BCUT2D eigenvalue weighted by atomic mass is 10.4. The number of aromatic nitrogens is 1. The third kappa shape index (κ3) is 4.97. The summed E-state index contributed by atoms with van der Waals surface area (Å²) in [5.74, 6) is 0. The average Bonchev–Trinajstić information content (AvgIpc) is 2.71. The molecule has 4 nitrogen and oxygen atoms in total. The van der Waals surface area contributed by atoms with Crippen molar-refractivity contribution in [3.05, 3.63) is 24.0 Å². The van der Waals surface area contributed by atoms with Crippen LogP contribution in [0.15, 0.2) is 18.5 Å². The second-order valence-corrected chi connectivity index (χ2v) is 3.37. The van der Waals surface area contributed by atoms with Crippen LogP contribution in [-0.2, 0) is 22.6 Å². The van der Waals surface area contributed by atoms with Crippen molar-refractivity contribution in [3.8, 4) is 0 Å². The molecular weight excluding hydrogens is 194 g/mol. The fourth-order valence-corrected chi connectivity index (χ4v) is 1.30. The van der Waals surface area contributed by atoms with Crippen LogP contribution in [0.3, 0.4) is 0 Å². The van der Waals surface area contributed by atoms with Crippen molar-refractivity contribution < 1.29 is 14.6 Å². The van der Waals surface area contributed by atoms with Gasteiger partial charge in [-0.3, -0.25) is 0 Å².